The van der Waals surface area contributed by atoms with Gasteiger partial charge in [0.2, 0.25) is 5.91 Å². The molecule has 2 aromatic carbocycles. The van der Waals surface area contributed by atoms with Crippen molar-refractivity contribution in [2.45, 2.75) is 0 Å². The topological polar surface area (TPSA) is 139 Å². The fraction of sp³-hybridized carbons (Fsp3) is 0.118. The van der Waals surface area contributed by atoms with Crippen molar-refractivity contribution in [2.24, 2.45) is 0 Å². The number of anilines is 2. The highest BCUT2D eigenvalue weighted by Gasteiger charge is 2.27. The van der Waals surface area contributed by atoms with Gasteiger partial charge < -0.3 is 20.1 Å². The molecule has 10 nitrogen and oxygen atoms in total. The zero-order chi connectivity index (χ0) is 19.6. The average molecular weight is 371 g/mol. The number of amides is 1. The predicted octanol–water partition coefficient (Wildman–Crippen LogP) is 1.66. The van der Waals surface area contributed by atoms with Crippen LogP contribution in [0, 0.1) is 10.1 Å². The Labute approximate surface area is 152 Å². The summed E-state index contributed by atoms with van der Waals surface area (Å²) in [7, 11) is 0. The van der Waals surface area contributed by atoms with Crippen molar-refractivity contribution in [1.82, 2.24) is 0 Å². The van der Waals surface area contributed by atoms with Crippen molar-refractivity contribution in [1.29, 1.82) is 0 Å². The summed E-state index contributed by atoms with van der Waals surface area (Å²) >= 11 is 0. The number of benzene rings is 2. The van der Waals surface area contributed by atoms with Gasteiger partial charge in [-0.3, -0.25) is 14.9 Å². The molecular weight excluding hydrogens is 358 g/mol. The predicted molar refractivity (Wildman–Crippen MR) is 93.0 cm³/mol. The van der Waals surface area contributed by atoms with Crippen LogP contribution in [-0.2, 0) is 9.59 Å². The van der Waals surface area contributed by atoms with Gasteiger partial charge in [0.25, 0.3) is 5.69 Å². The molecule has 10 heteroatoms. The first-order chi connectivity index (χ1) is 12.8. The minimum Gasteiger partial charge on any atom is -0.478 e. The molecule has 0 atom stereocenters. The zero-order valence-corrected chi connectivity index (χ0v) is 13.7. The first-order valence-electron chi connectivity index (χ1n) is 7.71. The van der Waals surface area contributed by atoms with Gasteiger partial charge in [-0.2, -0.15) is 0 Å². The van der Waals surface area contributed by atoms with Crippen LogP contribution in [0.1, 0.15) is 10.4 Å². The maximum atomic E-state index is 12.3. The standard InChI is InChI=1S/C17H13N3O7/c21-15(18-11-3-1-2-10(6-11)17(23)24)8-19-9-16(22)27-14-7-12(20(25)26)4-5-13(14)19/h1-7H,8-9H2,(H,18,21)(H,23,24). The molecule has 1 aliphatic rings. The summed E-state index contributed by atoms with van der Waals surface area (Å²) in [5.41, 5.74) is 0.448. The summed E-state index contributed by atoms with van der Waals surface area (Å²) in [6.45, 7) is -0.426. The number of aromatic carboxylic acids is 1. The van der Waals surface area contributed by atoms with Crippen LogP contribution < -0.4 is 15.0 Å². The molecule has 0 bridgehead atoms. The summed E-state index contributed by atoms with van der Waals surface area (Å²) in [6, 6.07) is 9.49. The van der Waals surface area contributed by atoms with Crippen LogP contribution in [0.5, 0.6) is 5.75 Å². The molecule has 1 heterocycles. The minimum absolute atomic E-state index is 0.00104. The Morgan fingerprint density at radius 1 is 1.26 bits per heavy atom. The fourth-order valence-electron chi connectivity index (χ4n) is 2.60. The number of nitro benzene ring substituents is 1. The number of carboxylic acids is 1. The second kappa shape index (κ2) is 7.12. The van der Waals surface area contributed by atoms with Gasteiger partial charge in [-0.15, -0.1) is 0 Å². The molecule has 138 valence electrons. The molecule has 27 heavy (non-hydrogen) atoms. The maximum absolute atomic E-state index is 12.3. The van der Waals surface area contributed by atoms with E-state index in [2.05, 4.69) is 5.32 Å². The van der Waals surface area contributed by atoms with Crippen molar-refractivity contribution >= 4 is 34.9 Å². The van der Waals surface area contributed by atoms with Gasteiger partial charge in [-0.1, -0.05) is 6.07 Å². The van der Waals surface area contributed by atoms with E-state index < -0.39 is 22.8 Å². The Kier molecular flexibility index (Phi) is 4.71. The molecule has 0 saturated heterocycles. The summed E-state index contributed by atoms with van der Waals surface area (Å²) in [5, 5.41) is 22.4. The Morgan fingerprint density at radius 2 is 2.04 bits per heavy atom. The third kappa shape index (κ3) is 4.00. The zero-order valence-electron chi connectivity index (χ0n) is 13.7. The van der Waals surface area contributed by atoms with Crippen LogP contribution >= 0.6 is 0 Å². The van der Waals surface area contributed by atoms with E-state index in [1.165, 1.54) is 41.3 Å². The lowest BCUT2D eigenvalue weighted by Gasteiger charge is -2.28. The van der Waals surface area contributed by atoms with Crippen molar-refractivity contribution in [2.75, 3.05) is 23.3 Å². The highest BCUT2D eigenvalue weighted by molar-refractivity contribution is 5.97. The van der Waals surface area contributed by atoms with Crippen molar-refractivity contribution in [3.05, 3.63) is 58.1 Å². The molecule has 0 aromatic heterocycles. The van der Waals surface area contributed by atoms with Crippen LogP contribution in [0.2, 0.25) is 0 Å². The van der Waals surface area contributed by atoms with Gasteiger partial charge in [0.15, 0.2) is 5.75 Å². The number of nitro groups is 1. The first kappa shape index (κ1) is 17.9. The van der Waals surface area contributed by atoms with Gasteiger partial charge in [0.1, 0.15) is 6.54 Å². The van der Waals surface area contributed by atoms with Gasteiger partial charge in [-0.25, -0.2) is 9.59 Å². The van der Waals surface area contributed by atoms with E-state index in [1.807, 2.05) is 0 Å². The van der Waals surface area contributed by atoms with E-state index in [0.717, 1.165) is 6.07 Å². The number of carbonyl (C=O) groups is 3. The number of nitrogens with one attached hydrogen (secondary N) is 1. The number of carboxylic acid groups (broad SMARTS) is 1. The van der Waals surface area contributed by atoms with Crippen LogP contribution in [-0.4, -0.2) is 41.0 Å². The minimum atomic E-state index is -1.12. The first-order valence-corrected chi connectivity index (χ1v) is 7.71. The van der Waals surface area contributed by atoms with Crippen molar-refractivity contribution in [3.8, 4) is 5.75 Å². The molecule has 0 aliphatic carbocycles. The van der Waals surface area contributed by atoms with E-state index in [1.54, 1.807) is 0 Å². The number of hydrogen-bond donors (Lipinski definition) is 2. The molecule has 0 spiro atoms. The van der Waals surface area contributed by atoms with Crippen molar-refractivity contribution < 1.29 is 29.2 Å². The fourth-order valence-corrected chi connectivity index (χ4v) is 2.60. The lowest BCUT2D eigenvalue weighted by Crippen LogP contribution is -2.41. The number of fused-ring (bicyclic) bond motifs is 1. The van der Waals surface area contributed by atoms with Gasteiger partial charge in [0, 0.05) is 11.8 Å². The molecule has 0 saturated carbocycles. The number of esters is 1. The van der Waals surface area contributed by atoms with Crippen LogP contribution in [0.4, 0.5) is 17.1 Å². The third-order valence-corrected chi connectivity index (χ3v) is 3.77. The van der Waals surface area contributed by atoms with E-state index in [-0.39, 0.29) is 30.1 Å². The molecule has 3 rings (SSSR count). The molecule has 2 N–H and O–H groups in total. The molecule has 1 amide bonds. The lowest BCUT2D eigenvalue weighted by atomic mass is 10.2. The van der Waals surface area contributed by atoms with E-state index in [9.17, 15) is 24.5 Å². The molecule has 1 aliphatic heterocycles. The molecule has 0 fully saturated rings. The van der Waals surface area contributed by atoms with E-state index >= 15 is 0 Å². The number of hydrogen-bond acceptors (Lipinski definition) is 7. The highest BCUT2D eigenvalue weighted by Crippen LogP contribution is 2.35. The smallest absolute Gasteiger partial charge is 0.335 e. The molecule has 0 unspecified atom stereocenters. The third-order valence-electron chi connectivity index (χ3n) is 3.77. The maximum Gasteiger partial charge on any atom is 0.335 e. The molecule has 0 radical (unpaired) electrons. The van der Waals surface area contributed by atoms with Crippen LogP contribution in [0.3, 0.4) is 0 Å². The Balaban J connectivity index is 1.77. The monoisotopic (exact) mass is 371 g/mol. The van der Waals surface area contributed by atoms with Gasteiger partial charge >= 0.3 is 11.9 Å². The normalized spacial score (nSPS) is 12.7. The Hall–Kier alpha value is -3.95. The summed E-state index contributed by atoms with van der Waals surface area (Å²) in [6.07, 6.45) is 0. The Morgan fingerprint density at radius 3 is 2.74 bits per heavy atom. The second-order valence-electron chi connectivity index (χ2n) is 5.67. The largest absolute Gasteiger partial charge is 0.478 e. The van der Waals surface area contributed by atoms with E-state index in [0.29, 0.717) is 11.4 Å². The second-order valence-corrected chi connectivity index (χ2v) is 5.67. The summed E-state index contributed by atoms with van der Waals surface area (Å²) in [4.78, 5) is 46.7. The summed E-state index contributed by atoms with van der Waals surface area (Å²) < 4.78 is 5.01. The van der Waals surface area contributed by atoms with Crippen molar-refractivity contribution in [3.63, 3.8) is 0 Å². The number of nitrogens with zero attached hydrogens (tertiary/aromatic N) is 2. The Bertz CT molecular complexity index is 957. The number of rotatable bonds is 5. The lowest BCUT2D eigenvalue weighted by molar-refractivity contribution is -0.384. The highest BCUT2D eigenvalue weighted by atomic mass is 16.6. The quantitative estimate of drug-likeness (QED) is 0.350. The molecular formula is C17H13N3O7. The van der Waals surface area contributed by atoms with Gasteiger partial charge in [0.05, 0.1) is 28.8 Å². The summed E-state index contributed by atoms with van der Waals surface area (Å²) in [5.74, 6) is -2.26. The number of non-ortho nitro benzene ring substituents is 1. The van der Waals surface area contributed by atoms with E-state index in [4.69, 9.17) is 9.84 Å². The number of carbonyl (C=O) groups excluding carboxylic acids is 2. The molecule has 2 aromatic rings. The van der Waals surface area contributed by atoms with Crippen LogP contribution in [0.25, 0.3) is 0 Å². The SMILES string of the molecule is O=C(CN1CC(=O)Oc2cc([N+](=O)[O-])ccc21)Nc1cccc(C(=O)O)c1. The average Bonchev–Trinajstić information content (AvgIpc) is 2.61. The number of ether oxygens (including phenoxy) is 1. The van der Waals surface area contributed by atoms with Crippen LogP contribution in [0.15, 0.2) is 42.5 Å². The van der Waals surface area contributed by atoms with Gasteiger partial charge in [-0.05, 0) is 24.3 Å².